The molecule has 0 aliphatic carbocycles. The molecule has 0 saturated heterocycles. The van der Waals surface area contributed by atoms with Gasteiger partial charge in [-0.25, -0.2) is 18.0 Å². The molecule has 0 bridgehead atoms. The Morgan fingerprint density at radius 2 is 1.80 bits per heavy atom. The fourth-order valence-electron chi connectivity index (χ4n) is 1.93. The molecular formula is C18H14F3NO3. The van der Waals surface area contributed by atoms with Crippen molar-refractivity contribution in [3.8, 4) is 0 Å². The van der Waals surface area contributed by atoms with Crippen molar-refractivity contribution < 1.29 is 27.5 Å². The minimum Gasteiger partial charge on any atom is -0.452 e. The Kier molecular flexibility index (Phi) is 5.94. The number of halogens is 3. The van der Waals surface area contributed by atoms with Crippen molar-refractivity contribution in [2.45, 2.75) is 6.92 Å². The number of benzene rings is 2. The monoisotopic (exact) mass is 349 g/mol. The number of carbonyl (C=O) groups is 2. The van der Waals surface area contributed by atoms with E-state index in [4.69, 9.17) is 4.74 Å². The molecule has 0 aliphatic heterocycles. The highest BCUT2D eigenvalue weighted by atomic mass is 19.2. The molecule has 4 nitrogen and oxygen atoms in total. The Morgan fingerprint density at radius 3 is 2.52 bits per heavy atom. The second-order valence-corrected chi connectivity index (χ2v) is 5.07. The molecule has 0 spiro atoms. The van der Waals surface area contributed by atoms with E-state index in [0.29, 0.717) is 6.07 Å². The van der Waals surface area contributed by atoms with E-state index in [-0.39, 0.29) is 0 Å². The van der Waals surface area contributed by atoms with E-state index in [1.807, 2.05) is 30.4 Å². The van der Waals surface area contributed by atoms with Gasteiger partial charge in [-0.05, 0) is 36.3 Å². The zero-order valence-electron chi connectivity index (χ0n) is 13.2. The molecule has 0 radical (unpaired) electrons. The first-order valence-corrected chi connectivity index (χ1v) is 7.22. The van der Waals surface area contributed by atoms with Crippen molar-refractivity contribution in [3.63, 3.8) is 0 Å². The molecule has 0 saturated carbocycles. The van der Waals surface area contributed by atoms with Crippen molar-refractivity contribution in [2.75, 3.05) is 11.9 Å². The van der Waals surface area contributed by atoms with E-state index in [9.17, 15) is 22.8 Å². The Bertz CT molecular complexity index is 834. The summed E-state index contributed by atoms with van der Waals surface area (Å²) in [4.78, 5) is 23.2. The summed E-state index contributed by atoms with van der Waals surface area (Å²) in [5, 5.41) is 1.99. The maximum Gasteiger partial charge on any atom is 0.331 e. The predicted molar refractivity (Wildman–Crippen MR) is 86.1 cm³/mol. The van der Waals surface area contributed by atoms with Crippen LogP contribution in [0.25, 0.3) is 6.08 Å². The molecule has 2 rings (SSSR count). The fraction of sp³-hybridized carbons (Fsp3) is 0.111. The highest BCUT2D eigenvalue weighted by molar-refractivity contribution is 5.94. The minimum absolute atomic E-state index is 0.546. The molecule has 1 N–H and O–H groups in total. The summed E-state index contributed by atoms with van der Waals surface area (Å²) in [5.41, 5.74) is 1.22. The number of carbonyl (C=O) groups excluding carboxylic acids is 2. The third kappa shape index (κ3) is 4.94. The molecule has 2 aromatic rings. The Morgan fingerprint density at radius 1 is 1.08 bits per heavy atom. The van der Waals surface area contributed by atoms with Crippen LogP contribution in [0.5, 0.6) is 0 Å². The first-order chi connectivity index (χ1) is 11.9. The summed E-state index contributed by atoms with van der Waals surface area (Å²) in [6.45, 7) is 1.17. The molecule has 25 heavy (non-hydrogen) atoms. The zero-order valence-corrected chi connectivity index (χ0v) is 13.2. The quantitative estimate of drug-likeness (QED) is 0.510. The maximum atomic E-state index is 13.4. The molecule has 130 valence electrons. The summed E-state index contributed by atoms with van der Waals surface area (Å²) >= 11 is 0. The van der Waals surface area contributed by atoms with E-state index in [1.54, 1.807) is 6.07 Å². The van der Waals surface area contributed by atoms with Gasteiger partial charge in [0, 0.05) is 6.08 Å². The Labute approximate surface area is 141 Å². The van der Waals surface area contributed by atoms with Gasteiger partial charge in [0.25, 0.3) is 5.91 Å². The number of amides is 1. The van der Waals surface area contributed by atoms with Crippen LogP contribution in [-0.2, 0) is 14.3 Å². The number of ether oxygens (including phenoxy) is 1. The first-order valence-electron chi connectivity index (χ1n) is 7.22. The van der Waals surface area contributed by atoms with Crippen molar-refractivity contribution in [1.82, 2.24) is 0 Å². The van der Waals surface area contributed by atoms with Gasteiger partial charge in [-0.1, -0.05) is 24.3 Å². The van der Waals surface area contributed by atoms with E-state index in [2.05, 4.69) is 0 Å². The van der Waals surface area contributed by atoms with Crippen molar-refractivity contribution in [2.24, 2.45) is 0 Å². The highest BCUT2D eigenvalue weighted by Gasteiger charge is 2.15. The van der Waals surface area contributed by atoms with Gasteiger partial charge < -0.3 is 10.1 Å². The number of anilines is 1. The van der Waals surface area contributed by atoms with Crippen molar-refractivity contribution in [1.29, 1.82) is 0 Å². The summed E-state index contributed by atoms with van der Waals surface area (Å²) < 4.78 is 44.0. The summed E-state index contributed by atoms with van der Waals surface area (Å²) in [7, 11) is 0. The first kappa shape index (κ1) is 18.3. The lowest BCUT2D eigenvalue weighted by Crippen LogP contribution is -2.21. The van der Waals surface area contributed by atoms with Gasteiger partial charge in [0.05, 0.1) is 5.69 Å². The third-order valence-electron chi connectivity index (χ3n) is 3.24. The smallest absolute Gasteiger partial charge is 0.331 e. The number of nitrogens with one attached hydrogen (secondary N) is 1. The lowest BCUT2D eigenvalue weighted by molar-refractivity contribution is -0.142. The average molecular weight is 349 g/mol. The second kappa shape index (κ2) is 8.14. The van der Waals surface area contributed by atoms with Crippen LogP contribution in [0.4, 0.5) is 18.9 Å². The molecule has 0 fully saturated rings. The Hall–Kier alpha value is -3.09. The number of aryl methyl sites for hydroxylation is 1. The van der Waals surface area contributed by atoms with Crippen LogP contribution < -0.4 is 5.32 Å². The van der Waals surface area contributed by atoms with Gasteiger partial charge in [0.15, 0.2) is 24.1 Å². The third-order valence-corrected chi connectivity index (χ3v) is 3.24. The van der Waals surface area contributed by atoms with E-state index >= 15 is 0 Å². The lowest BCUT2D eigenvalue weighted by atomic mass is 10.1. The standard InChI is InChI=1S/C18H14F3NO3/c1-11-4-2-3-5-12(11)6-9-16(24)25-10-15(23)22-14-8-7-13(19)17(20)18(14)21/h2-9H,10H2,1H3,(H,22,23)/b9-6+. The van der Waals surface area contributed by atoms with E-state index in [1.165, 1.54) is 6.08 Å². The van der Waals surface area contributed by atoms with Crippen LogP contribution in [0.1, 0.15) is 11.1 Å². The van der Waals surface area contributed by atoms with E-state index < -0.39 is 41.6 Å². The zero-order chi connectivity index (χ0) is 18.4. The molecule has 7 heteroatoms. The molecule has 0 aromatic heterocycles. The second-order valence-electron chi connectivity index (χ2n) is 5.07. The highest BCUT2D eigenvalue weighted by Crippen LogP contribution is 2.19. The SMILES string of the molecule is Cc1ccccc1/C=C/C(=O)OCC(=O)Nc1ccc(F)c(F)c1F. The Balaban J connectivity index is 1.89. The summed E-state index contributed by atoms with van der Waals surface area (Å²) in [5.74, 6) is -6.26. The average Bonchev–Trinajstić information content (AvgIpc) is 2.60. The summed E-state index contributed by atoms with van der Waals surface area (Å²) in [6.07, 6.45) is 2.68. The summed E-state index contributed by atoms with van der Waals surface area (Å²) in [6, 6.07) is 8.87. The van der Waals surface area contributed by atoms with Gasteiger partial charge in [0.1, 0.15) is 0 Å². The fourth-order valence-corrected chi connectivity index (χ4v) is 1.93. The van der Waals surface area contributed by atoms with Gasteiger partial charge >= 0.3 is 5.97 Å². The molecule has 1 amide bonds. The largest absolute Gasteiger partial charge is 0.452 e. The molecular weight excluding hydrogens is 335 g/mol. The van der Waals surface area contributed by atoms with Crippen LogP contribution in [0.15, 0.2) is 42.5 Å². The number of hydrogen-bond acceptors (Lipinski definition) is 3. The number of rotatable bonds is 5. The van der Waals surface area contributed by atoms with Gasteiger partial charge in [-0.3, -0.25) is 4.79 Å². The van der Waals surface area contributed by atoms with E-state index in [0.717, 1.165) is 23.3 Å². The molecule has 0 unspecified atom stereocenters. The topological polar surface area (TPSA) is 55.4 Å². The molecule has 0 atom stereocenters. The minimum atomic E-state index is -1.70. The number of esters is 1. The molecule has 0 aliphatic rings. The number of hydrogen-bond donors (Lipinski definition) is 1. The van der Waals surface area contributed by atoms with Gasteiger partial charge in [0.2, 0.25) is 0 Å². The van der Waals surface area contributed by atoms with Crippen LogP contribution in [0.3, 0.4) is 0 Å². The lowest BCUT2D eigenvalue weighted by Gasteiger charge is -2.07. The van der Waals surface area contributed by atoms with Crippen molar-refractivity contribution >= 4 is 23.6 Å². The van der Waals surface area contributed by atoms with Crippen LogP contribution >= 0.6 is 0 Å². The van der Waals surface area contributed by atoms with Crippen molar-refractivity contribution in [3.05, 3.63) is 71.1 Å². The maximum absolute atomic E-state index is 13.4. The predicted octanol–water partition coefficient (Wildman–Crippen LogP) is 3.61. The van der Waals surface area contributed by atoms with Gasteiger partial charge in [-0.2, -0.15) is 0 Å². The van der Waals surface area contributed by atoms with Gasteiger partial charge in [-0.15, -0.1) is 0 Å². The van der Waals surface area contributed by atoms with Crippen LogP contribution in [0.2, 0.25) is 0 Å². The van der Waals surface area contributed by atoms with Crippen LogP contribution in [-0.4, -0.2) is 18.5 Å². The normalized spacial score (nSPS) is 10.7. The van der Waals surface area contributed by atoms with Crippen LogP contribution in [0, 0.1) is 24.4 Å². The molecule has 0 heterocycles. The molecule has 2 aromatic carbocycles.